The number of alkyl halides is 2. The Morgan fingerprint density at radius 1 is 1.11 bits per heavy atom. The molecule has 0 atom stereocenters. The summed E-state index contributed by atoms with van der Waals surface area (Å²) in [6, 6.07) is 7.93. The van der Waals surface area contributed by atoms with Gasteiger partial charge in [0.15, 0.2) is 5.78 Å². The summed E-state index contributed by atoms with van der Waals surface area (Å²) in [6.45, 7) is 4.92. The molecule has 0 spiro atoms. The summed E-state index contributed by atoms with van der Waals surface area (Å²) in [5.74, 6) is -2.37. The van der Waals surface area contributed by atoms with Gasteiger partial charge < -0.3 is 14.8 Å². The Kier molecular flexibility index (Phi) is 7.78. The number of hydrogen-bond donors (Lipinski definition) is 1. The molecule has 1 amide bonds. The third kappa shape index (κ3) is 7.05. The number of halogens is 3. The highest BCUT2D eigenvalue weighted by Gasteiger charge is 2.20. The Hall–Kier alpha value is -3.89. The Labute approximate surface area is 199 Å². The second-order valence-electron chi connectivity index (χ2n) is 8.62. The molecular formula is C24H24F3N3O5. The van der Waals surface area contributed by atoms with Crippen LogP contribution in [0.1, 0.15) is 44.0 Å². The van der Waals surface area contributed by atoms with Crippen molar-refractivity contribution in [2.24, 2.45) is 0 Å². The number of hydrogen-bond acceptors (Lipinski definition) is 6. The van der Waals surface area contributed by atoms with Crippen LogP contribution in [0.25, 0.3) is 11.0 Å². The molecule has 35 heavy (non-hydrogen) atoms. The number of carbonyl (C=O) groups excluding carboxylic acids is 3. The molecule has 1 aromatic heterocycles. The van der Waals surface area contributed by atoms with Gasteiger partial charge in [0.25, 0.3) is 0 Å². The van der Waals surface area contributed by atoms with Gasteiger partial charge in [-0.3, -0.25) is 9.59 Å². The first-order chi connectivity index (χ1) is 16.4. The Balaban J connectivity index is 1.62. The number of benzene rings is 2. The summed E-state index contributed by atoms with van der Waals surface area (Å²) >= 11 is 0. The minimum absolute atomic E-state index is 0.00303. The first kappa shape index (κ1) is 25.7. The van der Waals surface area contributed by atoms with Crippen molar-refractivity contribution in [3.8, 4) is 5.75 Å². The molecule has 0 bridgehead atoms. The van der Waals surface area contributed by atoms with Crippen molar-refractivity contribution in [1.29, 1.82) is 0 Å². The van der Waals surface area contributed by atoms with Crippen LogP contribution in [0, 0.1) is 5.82 Å². The van der Waals surface area contributed by atoms with E-state index in [0.717, 1.165) is 12.1 Å². The second kappa shape index (κ2) is 10.6. The van der Waals surface area contributed by atoms with Gasteiger partial charge >= 0.3 is 6.09 Å². The molecule has 0 saturated heterocycles. The van der Waals surface area contributed by atoms with Crippen LogP contribution in [-0.4, -0.2) is 46.0 Å². The lowest BCUT2D eigenvalue weighted by Gasteiger charge is -2.19. The molecule has 1 N–H and O–H groups in total. The molecule has 0 radical (unpaired) electrons. The standard InChI is InChI=1S/C24H24F3N3O5/c1-24(2,3)35-23(33)30-13-28-18-10-14(4-7-19(18)30)29-22(32)12-20(31)16-6-5-15(11-17(16)25)34-9-8-21(26)27/h4-7,10-11,13,21H,8-9,12H2,1-3H3,(H,29,32). The minimum Gasteiger partial charge on any atom is -0.493 e. The maximum Gasteiger partial charge on any atom is 0.420 e. The number of fused-ring (bicyclic) bond motifs is 1. The first-order valence-electron chi connectivity index (χ1n) is 10.7. The Morgan fingerprint density at radius 3 is 2.51 bits per heavy atom. The number of aromatic nitrogens is 2. The highest BCUT2D eigenvalue weighted by atomic mass is 19.3. The van der Waals surface area contributed by atoms with Crippen LogP contribution in [0.2, 0.25) is 0 Å². The van der Waals surface area contributed by atoms with Gasteiger partial charge in [-0.2, -0.15) is 0 Å². The van der Waals surface area contributed by atoms with Crippen molar-refractivity contribution in [3.63, 3.8) is 0 Å². The van der Waals surface area contributed by atoms with E-state index in [0.29, 0.717) is 16.7 Å². The van der Waals surface area contributed by atoms with E-state index in [9.17, 15) is 27.6 Å². The molecule has 1 heterocycles. The van der Waals surface area contributed by atoms with Crippen LogP contribution in [0.15, 0.2) is 42.7 Å². The van der Waals surface area contributed by atoms with Gasteiger partial charge in [-0.25, -0.2) is 27.5 Å². The molecule has 2 aromatic carbocycles. The van der Waals surface area contributed by atoms with Crippen LogP contribution in [0.3, 0.4) is 0 Å². The highest BCUT2D eigenvalue weighted by molar-refractivity contribution is 6.11. The topological polar surface area (TPSA) is 99.5 Å². The molecule has 8 nitrogen and oxygen atoms in total. The minimum atomic E-state index is -2.54. The molecule has 186 valence electrons. The lowest BCUT2D eigenvalue weighted by molar-refractivity contribution is -0.115. The molecule has 0 saturated carbocycles. The monoisotopic (exact) mass is 491 g/mol. The summed E-state index contributed by atoms with van der Waals surface area (Å²) in [7, 11) is 0. The smallest absolute Gasteiger partial charge is 0.420 e. The average molecular weight is 491 g/mol. The number of carbonyl (C=O) groups is 3. The predicted molar refractivity (Wildman–Crippen MR) is 121 cm³/mol. The molecule has 0 aliphatic carbocycles. The van der Waals surface area contributed by atoms with Crippen molar-refractivity contribution in [1.82, 2.24) is 9.55 Å². The van der Waals surface area contributed by atoms with Crippen molar-refractivity contribution in [2.45, 2.75) is 45.6 Å². The predicted octanol–water partition coefficient (Wildman–Crippen LogP) is 5.20. The zero-order chi connectivity index (χ0) is 25.8. The summed E-state index contributed by atoms with van der Waals surface area (Å²) < 4.78 is 50.2. The highest BCUT2D eigenvalue weighted by Crippen LogP contribution is 2.21. The number of ether oxygens (including phenoxy) is 2. The van der Waals surface area contributed by atoms with Crippen molar-refractivity contribution in [3.05, 3.63) is 54.1 Å². The summed E-state index contributed by atoms with van der Waals surface area (Å²) in [5.41, 5.74) is 0.190. The summed E-state index contributed by atoms with van der Waals surface area (Å²) in [5, 5.41) is 2.54. The number of anilines is 1. The first-order valence-corrected chi connectivity index (χ1v) is 10.7. The van der Waals surface area contributed by atoms with Gasteiger partial charge in [0.1, 0.15) is 23.5 Å². The number of amides is 1. The van der Waals surface area contributed by atoms with Crippen molar-refractivity contribution >= 4 is 34.5 Å². The van der Waals surface area contributed by atoms with E-state index in [1.165, 1.54) is 29.1 Å². The Morgan fingerprint density at radius 2 is 1.86 bits per heavy atom. The fourth-order valence-electron chi connectivity index (χ4n) is 3.07. The van der Waals surface area contributed by atoms with Crippen molar-refractivity contribution in [2.75, 3.05) is 11.9 Å². The number of Topliss-reactive ketones (excluding diaryl/α,β-unsaturated/α-hetero) is 1. The van der Waals surface area contributed by atoms with Crippen LogP contribution < -0.4 is 10.1 Å². The van der Waals surface area contributed by atoms with Crippen LogP contribution in [0.4, 0.5) is 23.7 Å². The van der Waals surface area contributed by atoms with Gasteiger partial charge in [0.05, 0.1) is 29.6 Å². The fraction of sp³-hybridized carbons (Fsp3) is 0.333. The molecule has 3 rings (SSSR count). The largest absolute Gasteiger partial charge is 0.493 e. The van der Waals surface area contributed by atoms with Crippen LogP contribution in [-0.2, 0) is 9.53 Å². The molecule has 11 heteroatoms. The van der Waals surface area contributed by atoms with Gasteiger partial charge in [-0.15, -0.1) is 0 Å². The number of nitrogens with zero attached hydrogens (tertiary/aromatic N) is 2. The molecule has 0 fully saturated rings. The zero-order valence-corrected chi connectivity index (χ0v) is 19.3. The quantitative estimate of drug-likeness (QED) is 0.343. The van der Waals surface area contributed by atoms with E-state index < -0.39 is 48.5 Å². The van der Waals surface area contributed by atoms with E-state index >= 15 is 0 Å². The van der Waals surface area contributed by atoms with Gasteiger partial charge in [0, 0.05) is 18.2 Å². The second-order valence-corrected chi connectivity index (χ2v) is 8.62. The number of rotatable bonds is 8. The number of nitrogens with one attached hydrogen (secondary N) is 1. The maximum atomic E-state index is 14.3. The molecular weight excluding hydrogens is 467 g/mol. The lowest BCUT2D eigenvalue weighted by atomic mass is 10.1. The molecule has 0 unspecified atom stereocenters. The number of ketones is 1. The lowest BCUT2D eigenvalue weighted by Crippen LogP contribution is -2.26. The molecule has 3 aromatic rings. The fourth-order valence-corrected chi connectivity index (χ4v) is 3.07. The third-order valence-corrected chi connectivity index (χ3v) is 4.59. The average Bonchev–Trinajstić information content (AvgIpc) is 3.15. The molecule has 0 aliphatic rings. The zero-order valence-electron chi connectivity index (χ0n) is 19.3. The van der Waals surface area contributed by atoms with E-state index in [4.69, 9.17) is 9.47 Å². The van der Waals surface area contributed by atoms with E-state index in [1.807, 2.05) is 0 Å². The third-order valence-electron chi connectivity index (χ3n) is 4.59. The maximum absolute atomic E-state index is 14.3. The van der Waals surface area contributed by atoms with Crippen LogP contribution in [0.5, 0.6) is 5.75 Å². The summed E-state index contributed by atoms with van der Waals surface area (Å²) in [4.78, 5) is 41.2. The SMILES string of the molecule is CC(C)(C)OC(=O)n1cnc2cc(NC(=O)CC(=O)c3ccc(OCCC(F)F)cc3F)ccc21. The Bertz CT molecular complexity index is 1250. The van der Waals surface area contributed by atoms with E-state index in [2.05, 4.69) is 10.3 Å². The van der Waals surface area contributed by atoms with Gasteiger partial charge in [0.2, 0.25) is 12.3 Å². The van der Waals surface area contributed by atoms with E-state index in [-0.39, 0.29) is 17.9 Å². The normalized spacial score (nSPS) is 11.5. The van der Waals surface area contributed by atoms with Crippen molar-refractivity contribution < 1.29 is 37.0 Å². The van der Waals surface area contributed by atoms with Gasteiger partial charge in [-0.05, 0) is 51.1 Å². The van der Waals surface area contributed by atoms with E-state index in [1.54, 1.807) is 26.8 Å². The van der Waals surface area contributed by atoms with Crippen LogP contribution >= 0.6 is 0 Å². The number of imidazole rings is 1. The summed E-state index contributed by atoms with van der Waals surface area (Å²) in [6.07, 6.45) is -2.98. The molecule has 0 aliphatic heterocycles. The van der Waals surface area contributed by atoms with Gasteiger partial charge in [-0.1, -0.05) is 0 Å².